The molecule has 7 atom stereocenters. The molecule has 3 fully saturated rings. The Morgan fingerprint density at radius 3 is 2.31 bits per heavy atom. The van der Waals surface area contributed by atoms with E-state index >= 15 is 0 Å². The van der Waals surface area contributed by atoms with Crippen molar-refractivity contribution in [3.05, 3.63) is 36.9 Å². The number of fused-ring (bicyclic) bond motifs is 1. The van der Waals surface area contributed by atoms with Crippen molar-refractivity contribution in [3.63, 3.8) is 0 Å². The maximum absolute atomic E-state index is 14.7. The third kappa shape index (κ3) is 4.55. The molecule has 8 nitrogen and oxygen atoms in total. The van der Waals surface area contributed by atoms with Gasteiger partial charge in [-0.15, -0.1) is 18.3 Å². The van der Waals surface area contributed by atoms with E-state index in [4.69, 9.17) is 0 Å². The Labute approximate surface area is 236 Å². The number of thioether (sulfide) groups is 1. The van der Waals surface area contributed by atoms with Crippen molar-refractivity contribution in [2.45, 2.75) is 75.5 Å². The Morgan fingerprint density at radius 2 is 1.79 bits per heavy atom. The van der Waals surface area contributed by atoms with Crippen LogP contribution in [0.25, 0.3) is 0 Å². The lowest BCUT2D eigenvalue weighted by atomic mass is 9.66. The first-order chi connectivity index (χ1) is 18.5. The Hall–Kier alpha value is -2.52. The van der Waals surface area contributed by atoms with Gasteiger partial charge in [0.2, 0.25) is 5.91 Å². The first-order valence-corrected chi connectivity index (χ1v) is 15.0. The Kier molecular flexibility index (Phi) is 8.43. The number of carboxylic acids is 1. The second-order valence-corrected chi connectivity index (χ2v) is 13.3. The van der Waals surface area contributed by atoms with E-state index < -0.39 is 39.4 Å². The number of aliphatic hydroxyl groups excluding tert-OH is 1. The molecule has 1 aromatic rings. The van der Waals surface area contributed by atoms with Gasteiger partial charge in [0.05, 0.1) is 29.2 Å². The fraction of sp³-hybridized carbons (Fsp3) is 0.633. The van der Waals surface area contributed by atoms with Gasteiger partial charge in [-0.2, -0.15) is 0 Å². The number of aliphatic carboxylic acids is 1. The van der Waals surface area contributed by atoms with Crippen LogP contribution in [0, 0.1) is 17.8 Å². The number of amides is 2. The Morgan fingerprint density at radius 1 is 1.18 bits per heavy atom. The second kappa shape index (κ2) is 11.2. The predicted molar refractivity (Wildman–Crippen MR) is 156 cm³/mol. The third-order valence-electron chi connectivity index (χ3n) is 9.43. The summed E-state index contributed by atoms with van der Waals surface area (Å²) in [6.45, 7) is 15.7. The number of rotatable bonds is 12. The fourth-order valence-electron chi connectivity index (χ4n) is 7.22. The number of carbonyl (C=O) groups excluding carboxylic acids is 2. The number of likely N-dealkylation sites (tertiary alicyclic amines) is 1. The van der Waals surface area contributed by atoms with Gasteiger partial charge in [0.1, 0.15) is 6.04 Å². The lowest BCUT2D eigenvalue weighted by Gasteiger charge is -2.41. The van der Waals surface area contributed by atoms with Gasteiger partial charge in [0.15, 0.2) is 0 Å². The lowest BCUT2D eigenvalue weighted by Crippen LogP contribution is -2.58. The average molecular weight is 558 g/mol. The van der Waals surface area contributed by atoms with E-state index in [1.165, 1.54) is 11.8 Å². The molecular weight excluding hydrogens is 514 g/mol. The Bertz CT molecular complexity index is 1110. The zero-order valence-electron chi connectivity index (χ0n) is 23.8. The smallest absolute Gasteiger partial charge is 0.308 e. The molecule has 1 aromatic carbocycles. The summed E-state index contributed by atoms with van der Waals surface area (Å²) in [6, 6.07) is 6.39. The topological polar surface area (TPSA) is 101 Å². The summed E-state index contributed by atoms with van der Waals surface area (Å²) in [4.78, 5) is 46.9. The van der Waals surface area contributed by atoms with Gasteiger partial charge in [0, 0.05) is 35.8 Å². The highest BCUT2D eigenvalue weighted by molar-refractivity contribution is 8.02. The number of benzene rings is 1. The monoisotopic (exact) mass is 557 g/mol. The molecule has 0 aliphatic carbocycles. The number of hydrogen-bond donors (Lipinski definition) is 2. The third-order valence-corrected chi connectivity index (χ3v) is 11.4. The molecule has 2 bridgehead atoms. The van der Waals surface area contributed by atoms with Crippen molar-refractivity contribution in [2.24, 2.45) is 17.8 Å². The number of aliphatic hydroxyl groups is 1. The number of hydrogen-bond acceptors (Lipinski definition) is 6. The number of carboxylic acid groups (broad SMARTS) is 1. The van der Waals surface area contributed by atoms with E-state index in [1.54, 1.807) is 15.9 Å². The summed E-state index contributed by atoms with van der Waals surface area (Å²) in [5.41, 5.74) is 1.76. The quantitative estimate of drug-likeness (QED) is 0.374. The van der Waals surface area contributed by atoms with Crippen molar-refractivity contribution in [3.8, 4) is 0 Å². The van der Waals surface area contributed by atoms with E-state index in [-0.39, 0.29) is 30.9 Å². The van der Waals surface area contributed by atoms with Crippen molar-refractivity contribution in [1.29, 1.82) is 0 Å². The molecule has 2 unspecified atom stereocenters. The molecule has 0 aromatic heterocycles. The van der Waals surface area contributed by atoms with Crippen molar-refractivity contribution in [2.75, 3.05) is 36.0 Å². The maximum Gasteiger partial charge on any atom is 0.308 e. The summed E-state index contributed by atoms with van der Waals surface area (Å²) < 4.78 is -1.47. The second-order valence-electron chi connectivity index (χ2n) is 11.4. The molecule has 3 heterocycles. The SMILES string of the molecule is C=CCN(C(=O)C1N([C@@H](CO)[C@@H](C)CC)C(=O)[C@@H]2[C@H](C(=O)O)[C@]3(C)CCC12S3)c1ccc(N(CC)CC)cc1. The lowest BCUT2D eigenvalue weighted by molar-refractivity contribution is -0.151. The van der Waals surface area contributed by atoms with Crippen LogP contribution in [-0.2, 0) is 14.4 Å². The van der Waals surface area contributed by atoms with E-state index in [1.807, 2.05) is 45.0 Å². The zero-order chi connectivity index (χ0) is 28.7. The van der Waals surface area contributed by atoms with Gasteiger partial charge >= 0.3 is 5.97 Å². The summed E-state index contributed by atoms with van der Waals surface area (Å²) in [5, 5.41) is 20.7. The van der Waals surface area contributed by atoms with Crippen LogP contribution in [0.3, 0.4) is 0 Å². The molecule has 2 amide bonds. The maximum atomic E-state index is 14.7. The first-order valence-electron chi connectivity index (χ1n) is 14.2. The van der Waals surface area contributed by atoms with Gasteiger partial charge in [0.25, 0.3) is 5.91 Å². The number of nitrogens with zero attached hydrogens (tertiary/aromatic N) is 3. The van der Waals surface area contributed by atoms with E-state index in [0.717, 1.165) is 18.8 Å². The van der Waals surface area contributed by atoms with Gasteiger partial charge in [-0.3, -0.25) is 14.4 Å². The van der Waals surface area contributed by atoms with Gasteiger partial charge in [-0.25, -0.2) is 0 Å². The molecule has 39 heavy (non-hydrogen) atoms. The highest BCUT2D eigenvalue weighted by atomic mass is 32.2. The molecule has 0 radical (unpaired) electrons. The van der Waals surface area contributed by atoms with Crippen molar-refractivity contribution < 1.29 is 24.6 Å². The normalized spacial score (nSPS) is 30.7. The van der Waals surface area contributed by atoms with Gasteiger partial charge < -0.3 is 24.9 Å². The molecule has 1 spiro atoms. The molecule has 3 aliphatic rings. The first kappa shape index (κ1) is 29.5. The minimum absolute atomic E-state index is 0.0632. The Balaban J connectivity index is 1.82. The van der Waals surface area contributed by atoms with E-state index in [9.17, 15) is 24.6 Å². The highest BCUT2D eigenvalue weighted by Gasteiger charge is 2.78. The van der Waals surface area contributed by atoms with Crippen molar-refractivity contribution in [1.82, 2.24) is 4.90 Å². The molecule has 214 valence electrons. The number of carbonyl (C=O) groups is 3. The minimum Gasteiger partial charge on any atom is -0.481 e. The standard InChI is InChI=1S/C30H43N3O5S/c1-7-17-32(21-13-11-20(12-14-21)31(9-3)10-4)27(36)25-30-16-15-29(6,39-30)24(28(37)38)23(30)26(35)33(25)22(18-34)19(5)8-2/h7,11-14,19,22-25,34H,1,8-10,15-18H2,2-6H3,(H,37,38)/t19-,22-,23-,24+,25?,29-,30?/m0/s1. The van der Waals surface area contributed by atoms with Crippen LogP contribution in [-0.4, -0.2) is 80.7 Å². The van der Waals surface area contributed by atoms with E-state index in [2.05, 4.69) is 25.3 Å². The summed E-state index contributed by atoms with van der Waals surface area (Å²) in [7, 11) is 0. The highest BCUT2D eigenvalue weighted by Crippen LogP contribution is 2.71. The minimum atomic E-state index is -0.989. The zero-order valence-corrected chi connectivity index (χ0v) is 24.6. The van der Waals surface area contributed by atoms with E-state index in [0.29, 0.717) is 24.9 Å². The largest absolute Gasteiger partial charge is 0.481 e. The van der Waals surface area contributed by atoms with Crippen LogP contribution in [0.1, 0.15) is 53.9 Å². The molecule has 0 saturated carbocycles. The molecule has 4 rings (SSSR count). The molecular formula is C30H43N3O5S. The molecule has 3 aliphatic heterocycles. The van der Waals surface area contributed by atoms with Gasteiger partial charge in [-0.1, -0.05) is 26.3 Å². The van der Waals surface area contributed by atoms with Crippen LogP contribution in [0.4, 0.5) is 11.4 Å². The van der Waals surface area contributed by atoms with Gasteiger partial charge in [-0.05, 0) is 63.8 Å². The predicted octanol–water partition coefficient (Wildman–Crippen LogP) is 4.02. The van der Waals surface area contributed by atoms with Crippen LogP contribution in [0.2, 0.25) is 0 Å². The van der Waals surface area contributed by atoms with Crippen LogP contribution in [0.15, 0.2) is 36.9 Å². The summed E-state index contributed by atoms with van der Waals surface area (Å²) in [5.74, 6) is -3.29. The number of anilines is 2. The van der Waals surface area contributed by atoms with Crippen LogP contribution >= 0.6 is 11.8 Å². The fourth-order valence-corrected chi connectivity index (χ4v) is 9.55. The molecule has 3 saturated heterocycles. The molecule has 9 heteroatoms. The summed E-state index contributed by atoms with van der Waals surface area (Å²) >= 11 is 1.52. The average Bonchev–Trinajstić information content (AvgIpc) is 3.49. The van der Waals surface area contributed by atoms with Crippen LogP contribution in [0.5, 0.6) is 0 Å². The van der Waals surface area contributed by atoms with Crippen molar-refractivity contribution >= 4 is 40.9 Å². The molecule has 2 N–H and O–H groups in total. The van der Waals surface area contributed by atoms with Crippen LogP contribution < -0.4 is 9.80 Å². The summed E-state index contributed by atoms with van der Waals surface area (Å²) in [6.07, 6.45) is 3.60.